The molecule has 0 N–H and O–H groups in total. The average Bonchev–Trinajstić information content (AvgIpc) is 3.29. The van der Waals surface area contributed by atoms with Crippen molar-refractivity contribution in [3.05, 3.63) is 35.9 Å². The normalized spacial score (nSPS) is 10.5. The highest BCUT2D eigenvalue weighted by molar-refractivity contribution is 5.69. The first-order valence-corrected chi connectivity index (χ1v) is 7.84. The summed E-state index contributed by atoms with van der Waals surface area (Å²) in [6.07, 6.45) is 0. The standard InChI is InChI=1S/C16H17N5O5/c1-3-24-15(22)9-21-16(17-19-20-21)13-8-14(18-26-13)25-10-11-4-6-12(23-2)7-5-11/h4-8H,3,9-10H2,1-2H3. The van der Waals surface area contributed by atoms with Gasteiger partial charge in [-0.15, -0.1) is 5.10 Å². The van der Waals surface area contributed by atoms with E-state index in [2.05, 4.69) is 20.7 Å². The lowest BCUT2D eigenvalue weighted by Gasteiger charge is -2.03. The molecular formula is C16H17N5O5. The zero-order valence-corrected chi connectivity index (χ0v) is 14.3. The van der Waals surface area contributed by atoms with Gasteiger partial charge in [-0.2, -0.15) is 0 Å². The number of hydrogen-bond donors (Lipinski definition) is 0. The second-order valence-electron chi connectivity index (χ2n) is 5.13. The molecule has 0 saturated heterocycles. The number of esters is 1. The fourth-order valence-corrected chi connectivity index (χ4v) is 2.13. The van der Waals surface area contributed by atoms with Crippen molar-refractivity contribution in [2.75, 3.05) is 13.7 Å². The van der Waals surface area contributed by atoms with Crippen LogP contribution in [0.25, 0.3) is 11.6 Å². The summed E-state index contributed by atoms with van der Waals surface area (Å²) < 4.78 is 22.1. The van der Waals surface area contributed by atoms with Crippen molar-refractivity contribution < 1.29 is 23.5 Å². The Kier molecular flexibility index (Phi) is 5.42. The molecule has 0 aliphatic rings. The number of nitrogens with zero attached hydrogens (tertiary/aromatic N) is 5. The number of methoxy groups -OCH3 is 1. The maximum Gasteiger partial charge on any atom is 0.327 e. The highest BCUT2D eigenvalue weighted by Gasteiger charge is 2.18. The molecule has 10 heteroatoms. The number of carbonyl (C=O) groups is 1. The second kappa shape index (κ2) is 8.10. The van der Waals surface area contributed by atoms with Crippen LogP contribution in [0.5, 0.6) is 11.6 Å². The van der Waals surface area contributed by atoms with Gasteiger partial charge in [-0.3, -0.25) is 4.79 Å². The van der Waals surface area contributed by atoms with Crippen molar-refractivity contribution in [2.45, 2.75) is 20.1 Å². The van der Waals surface area contributed by atoms with Crippen LogP contribution in [0.3, 0.4) is 0 Å². The third kappa shape index (κ3) is 4.15. The molecule has 0 aliphatic carbocycles. The van der Waals surface area contributed by atoms with E-state index in [-0.39, 0.29) is 30.6 Å². The summed E-state index contributed by atoms with van der Waals surface area (Å²) in [5.41, 5.74) is 0.947. The smallest absolute Gasteiger partial charge is 0.327 e. The predicted molar refractivity (Wildman–Crippen MR) is 87.3 cm³/mol. The highest BCUT2D eigenvalue weighted by Crippen LogP contribution is 2.22. The minimum Gasteiger partial charge on any atom is -0.497 e. The van der Waals surface area contributed by atoms with Crippen molar-refractivity contribution in [3.63, 3.8) is 0 Å². The summed E-state index contributed by atoms with van der Waals surface area (Å²) in [6, 6.07) is 9.02. The summed E-state index contributed by atoms with van der Waals surface area (Å²) in [6.45, 7) is 2.19. The van der Waals surface area contributed by atoms with Crippen molar-refractivity contribution in [2.24, 2.45) is 0 Å². The molecule has 0 unspecified atom stereocenters. The number of ether oxygens (including phenoxy) is 3. The third-order valence-electron chi connectivity index (χ3n) is 3.37. The molecule has 2 heterocycles. The SMILES string of the molecule is CCOC(=O)Cn1nnnc1-c1cc(OCc2ccc(OC)cc2)no1. The summed E-state index contributed by atoms with van der Waals surface area (Å²) >= 11 is 0. The van der Waals surface area contributed by atoms with Gasteiger partial charge in [0.05, 0.1) is 19.8 Å². The van der Waals surface area contributed by atoms with E-state index in [1.165, 1.54) is 4.68 Å². The van der Waals surface area contributed by atoms with Gasteiger partial charge in [-0.1, -0.05) is 12.1 Å². The van der Waals surface area contributed by atoms with Gasteiger partial charge in [-0.25, -0.2) is 4.68 Å². The van der Waals surface area contributed by atoms with Crippen LogP contribution < -0.4 is 9.47 Å². The molecule has 0 spiro atoms. The zero-order valence-electron chi connectivity index (χ0n) is 14.3. The highest BCUT2D eigenvalue weighted by atomic mass is 16.5. The lowest BCUT2D eigenvalue weighted by Crippen LogP contribution is -2.15. The van der Waals surface area contributed by atoms with E-state index < -0.39 is 5.97 Å². The van der Waals surface area contributed by atoms with Gasteiger partial charge in [0.1, 0.15) is 18.9 Å². The van der Waals surface area contributed by atoms with E-state index >= 15 is 0 Å². The van der Waals surface area contributed by atoms with Gasteiger partial charge in [-0.05, 0) is 40.2 Å². The first-order chi connectivity index (χ1) is 12.7. The Morgan fingerprint density at radius 3 is 2.81 bits per heavy atom. The maximum atomic E-state index is 11.6. The first kappa shape index (κ1) is 17.4. The van der Waals surface area contributed by atoms with Crippen LogP contribution in [-0.4, -0.2) is 45.0 Å². The summed E-state index contributed by atoms with van der Waals surface area (Å²) in [5.74, 6) is 1.14. The van der Waals surface area contributed by atoms with Crippen molar-refractivity contribution >= 4 is 5.97 Å². The average molecular weight is 359 g/mol. The minimum atomic E-state index is -0.448. The van der Waals surface area contributed by atoms with Gasteiger partial charge in [0.25, 0.3) is 5.88 Å². The van der Waals surface area contributed by atoms with Crippen molar-refractivity contribution in [1.29, 1.82) is 0 Å². The zero-order chi connectivity index (χ0) is 18.4. The molecule has 0 atom stereocenters. The lowest BCUT2D eigenvalue weighted by atomic mass is 10.2. The maximum absolute atomic E-state index is 11.6. The molecule has 0 saturated carbocycles. The fraction of sp³-hybridized carbons (Fsp3) is 0.312. The van der Waals surface area contributed by atoms with Gasteiger partial charge >= 0.3 is 5.97 Å². The molecule has 136 valence electrons. The largest absolute Gasteiger partial charge is 0.497 e. The van der Waals surface area contributed by atoms with E-state index in [9.17, 15) is 4.79 Å². The van der Waals surface area contributed by atoms with Gasteiger partial charge in [0.15, 0.2) is 0 Å². The molecular weight excluding hydrogens is 342 g/mol. The first-order valence-electron chi connectivity index (χ1n) is 7.84. The molecule has 0 aliphatic heterocycles. The van der Waals surface area contributed by atoms with Crippen LogP contribution in [0, 0.1) is 0 Å². The Bertz CT molecular complexity index is 858. The Morgan fingerprint density at radius 1 is 1.27 bits per heavy atom. The third-order valence-corrected chi connectivity index (χ3v) is 3.37. The molecule has 2 aromatic heterocycles. The number of benzene rings is 1. The van der Waals surface area contributed by atoms with Crippen LogP contribution in [0.2, 0.25) is 0 Å². The number of rotatable bonds is 8. The van der Waals surface area contributed by atoms with E-state index in [4.69, 9.17) is 18.7 Å². The van der Waals surface area contributed by atoms with E-state index in [0.717, 1.165) is 11.3 Å². The molecule has 10 nitrogen and oxygen atoms in total. The molecule has 0 fully saturated rings. The lowest BCUT2D eigenvalue weighted by molar-refractivity contribution is -0.144. The van der Waals surface area contributed by atoms with Crippen molar-refractivity contribution in [3.8, 4) is 23.2 Å². The van der Waals surface area contributed by atoms with E-state index in [0.29, 0.717) is 6.61 Å². The predicted octanol–water partition coefficient (Wildman–Crippen LogP) is 1.48. The van der Waals surface area contributed by atoms with Gasteiger partial charge < -0.3 is 18.7 Å². The quantitative estimate of drug-likeness (QED) is 0.551. The number of carbonyl (C=O) groups excluding carboxylic acids is 1. The molecule has 3 rings (SSSR count). The summed E-state index contributed by atoms with van der Waals surface area (Å²) in [5, 5.41) is 15.0. The van der Waals surface area contributed by atoms with Crippen LogP contribution in [-0.2, 0) is 22.7 Å². The molecule has 3 aromatic rings. The Morgan fingerprint density at radius 2 is 2.08 bits per heavy atom. The number of tetrazole rings is 1. The minimum absolute atomic E-state index is 0.126. The molecule has 0 radical (unpaired) electrons. The van der Waals surface area contributed by atoms with Crippen LogP contribution in [0.4, 0.5) is 0 Å². The Hall–Kier alpha value is -3.43. The van der Waals surface area contributed by atoms with E-state index in [1.54, 1.807) is 20.1 Å². The van der Waals surface area contributed by atoms with Gasteiger partial charge in [0, 0.05) is 0 Å². The molecule has 0 amide bonds. The molecule has 1 aromatic carbocycles. The molecule has 0 bridgehead atoms. The fourth-order valence-electron chi connectivity index (χ4n) is 2.13. The number of hydrogen-bond acceptors (Lipinski definition) is 9. The van der Waals surface area contributed by atoms with Gasteiger partial charge in [0.2, 0.25) is 11.6 Å². The summed E-state index contributed by atoms with van der Waals surface area (Å²) in [4.78, 5) is 11.6. The monoisotopic (exact) mass is 359 g/mol. The van der Waals surface area contributed by atoms with Crippen molar-refractivity contribution in [1.82, 2.24) is 25.4 Å². The van der Waals surface area contributed by atoms with Crippen LogP contribution >= 0.6 is 0 Å². The number of aromatic nitrogens is 5. The molecule has 26 heavy (non-hydrogen) atoms. The Balaban J connectivity index is 1.64. The Labute approximate surface area is 148 Å². The van der Waals surface area contributed by atoms with Crippen LogP contribution in [0.15, 0.2) is 34.9 Å². The van der Waals surface area contributed by atoms with E-state index in [1.807, 2.05) is 24.3 Å². The topological polar surface area (TPSA) is 114 Å². The van der Waals surface area contributed by atoms with Crippen LogP contribution in [0.1, 0.15) is 12.5 Å². The summed E-state index contributed by atoms with van der Waals surface area (Å²) in [7, 11) is 1.61. The second-order valence-corrected chi connectivity index (χ2v) is 5.13.